The van der Waals surface area contributed by atoms with Crippen molar-refractivity contribution in [3.8, 4) is 0 Å². The van der Waals surface area contributed by atoms with Crippen LogP contribution in [0.25, 0.3) is 0 Å². The maximum atomic E-state index is 12.1. The Morgan fingerprint density at radius 1 is 1.24 bits per heavy atom. The van der Waals surface area contributed by atoms with Crippen molar-refractivity contribution in [2.75, 3.05) is 7.11 Å². The molecule has 1 rings (SSSR count). The average molecular weight is 301 g/mol. The van der Waals surface area contributed by atoms with E-state index < -0.39 is 28.7 Å². The van der Waals surface area contributed by atoms with Crippen molar-refractivity contribution in [2.45, 2.75) is 71.1 Å². The van der Waals surface area contributed by atoms with Gasteiger partial charge in [0, 0.05) is 6.04 Å². The van der Waals surface area contributed by atoms with E-state index in [9.17, 15) is 14.7 Å². The lowest BCUT2D eigenvalue weighted by Crippen LogP contribution is -2.49. The molecule has 0 bridgehead atoms. The van der Waals surface area contributed by atoms with Crippen LogP contribution in [0.15, 0.2) is 0 Å². The third kappa shape index (κ3) is 4.09. The Morgan fingerprint density at radius 2 is 1.81 bits per heavy atom. The number of ether oxygens (including phenoxy) is 2. The third-order valence-corrected chi connectivity index (χ3v) is 3.98. The van der Waals surface area contributed by atoms with Crippen LogP contribution in [-0.2, 0) is 14.3 Å². The number of esters is 1. The molecule has 0 saturated heterocycles. The van der Waals surface area contributed by atoms with Crippen LogP contribution in [0.2, 0.25) is 0 Å². The monoisotopic (exact) mass is 301 g/mol. The second kappa shape index (κ2) is 5.83. The van der Waals surface area contributed by atoms with Crippen molar-refractivity contribution in [1.82, 2.24) is 5.32 Å². The number of carbonyl (C=O) groups excluding carboxylic acids is 2. The molecule has 6 nitrogen and oxygen atoms in total. The maximum Gasteiger partial charge on any atom is 0.407 e. The van der Waals surface area contributed by atoms with Gasteiger partial charge in [-0.05, 0) is 53.9 Å². The highest BCUT2D eigenvalue weighted by molar-refractivity contribution is 5.79. The number of aliphatic hydroxyl groups is 1. The summed E-state index contributed by atoms with van der Waals surface area (Å²) in [7, 11) is 1.31. The fourth-order valence-corrected chi connectivity index (χ4v) is 2.83. The summed E-state index contributed by atoms with van der Waals surface area (Å²) >= 11 is 0. The van der Waals surface area contributed by atoms with Gasteiger partial charge in [0.1, 0.15) is 5.60 Å². The molecule has 2 N–H and O–H groups in total. The number of methoxy groups -OCH3 is 1. The van der Waals surface area contributed by atoms with Gasteiger partial charge in [0.25, 0.3) is 0 Å². The van der Waals surface area contributed by atoms with E-state index in [0.717, 1.165) is 0 Å². The Hall–Kier alpha value is -1.30. The molecule has 0 aliphatic heterocycles. The van der Waals surface area contributed by atoms with Gasteiger partial charge >= 0.3 is 12.1 Å². The van der Waals surface area contributed by atoms with Gasteiger partial charge in [-0.2, -0.15) is 0 Å². The van der Waals surface area contributed by atoms with Gasteiger partial charge in [-0.25, -0.2) is 4.79 Å². The van der Waals surface area contributed by atoms with E-state index in [-0.39, 0.29) is 6.04 Å². The first kappa shape index (κ1) is 17.8. The number of hydrogen-bond acceptors (Lipinski definition) is 5. The van der Waals surface area contributed by atoms with Crippen LogP contribution in [0.3, 0.4) is 0 Å². The number of rotatable bonds is 3. The van der Waals surface area contributed by atoms with E-state index in [1.165, 1.54) is 7.11 Å². The van der Waals surface area contributed by atoms with Gasteiger partial charge < -0.3 is 19.9 Å². The summed E-state index contributed by atoms with van der Waals surface area (Å²) in [5, 5.41) is 13.1. The molecule has 1 aliphatic carbocycles. The molecule has 0 aromatic rings. The standard InChI is InChI=1S/C15H27NO5/c1-13(2,3)21-12(18)16-10-7-8-15(9-10,11(17)20-6)14(4,5)19/h10,19H,7-9H2,1-6H3,(H,16,18)/t10-,15-/m1/s1. The van der Waals surface area contributed by atoms with Crippen LogP contribution >= 0.6 is 0 Å². The van der Waals surface area contributed by atoms with Crippen LogP contribution < -0.4 is 5.32 Å². The molecule has 1 saturated carbocycles. The lowest BCUT2D eigenvalue weighted by molar-refractivity contribution is -0.168. The largest absolute Gasteiger partial charge is 0.469 e. The zero-order valence-electron chi connectivity index (χ0n) is 13.8. The lowest BCUT2D eigenvalue weighted by atomic mass is 9.72. The van der Waals surface area contributed by atoms with Gasteiger partial charge in [0.15, 0.2) is 0 Å². The van der Waals surface area contributed by atoms with Gasteiger partial charge in [-0.15, -0.1) is 0 Å². The fraction of sp³-hybridized carbons (Fsp3) is 0.867. The molecule has 0 unspecified atom stereocenters. The van der Waals surface area contributed by atoms with Crippen molar-refractivity contribution in [3.05, 3.63) is 0 Å². The highest BCUT2D eigenvalue weighted by atomic mass is 16.6. The summed E-state index contributed by atoms with van der Waals surface area (Å²) < 4.78 is 10.1. The van der Waals surface area contributed by atoms with Crippen molar-refractivity contribution >= 4 is 12.1 Å². The van der Waals surface area contributed by atoms with Crippen LogP contribution in [-0.4, -0.2) is 41.5 Å². The van der Waals surface area contributed by atoms with Gasteiger partial charge in [-0.3, -0.25) is 4.79 Å². The molecule has 0 spiro atoms. The third-order valence-electron chi connectivity index (χ3n) is 3.98. The van der Waals surface area contributed by atoms with Crippen LogP contribution in [0.4, 0.5) is 4.79 Å². The zero-order valence-corrected chi connectivity index (χ0v) is 13.8. The first-order valence-electron chi connectivity index (χ1n) is 7.21. The number of carbonyl (C=O) groups is 2. The predicted octanol–water partition coefficient (Wildman–Crippen LogP) is 1.99. The maximum absolute atomic E-state index is 12.1. The summed E-state index contributed by atoms with van der Waals surface area (Å²) in [4.78, 5) is 23.9. The SMILES string of the molecule is COC(=O)[C@@]1(C(C)(C)O)CC[C@@H](NC(=O)OC(C)(C)C)C1. The second-order valence-corrected chi connectivity index (χ2v) is 7.22. The molecule has 1 aliphatic rings. The van der Waals surface area contributed by atoms with Crippen molar-refractivity contribution in [2.24, 2.45) is 5.41 Å². The molecule has 6 heteroatoms. The normalized spacial score (nSPS) is 26.3. The zero-order chi connectivity index (χ0) is 16.5. The molecular formula is C15H27NO5. The van der Waals surface area contributed by atoms with Crippen LogP contribution in [0.5, 0.6) is 0 Å². The molecule has 1 amide bonds. The van der Waals surface area contributed by atoms with Gasteiger partial charge in [-0.1, -0.05) is 0 Å². The first-order chi connectivity index (χ1) is 9.41. The number of alkyl carbamates (subject to hydrolysis) is 1. The Bertz CT molecular complexity index is 407. The molecule has 0 aromatic heterocycles. The first-order valence-corrected chi connectivity index (χ1v) is 7.21. The van der Waals surface area contributed by atoms with Crippen molar-refractivity contribution in [1.29, 1.82) is 0 Å². The molecule has 122 valence electrons. The molecular weight excluding hydrogens is 274 g/mol. The Kier molecular flexibility index (Phi) is 4.93. The van der Waals surface area contributed by atoms with Crippen molar-refractivity contribution < 1.29 is 24.2 Å². The molecule has 1 fully saturated rings. The lowest BCUT2D eigenvalue weighted by Gasteiger charge is -2.37. The summed E-state index contributed by atoms with van der Waals surface area (Å²) in [5.74, 6) is -0.441. The predicted molar refractivity (Wildman–Crippen MR) is 77.8 cm³/mol. The van der Waals surface area contributed by atoms with E-state index in [2.05, 4.69) is 5.32 Å². The average Bonchev–Trinajstić information content (AvgIpc) is 2.69. The van der Waals surface area contributed by atoms with E-state index in [0.29, 0.717) is 19.3 Å². The molecule has 0 heterocycles. The molecule has 0 radical (unpaired) electrons. The molecule has 0 aromatic carbocycles. The number of amides is 1. The van der Waals surface area contributed by atoms with E-state index in [4.69, 9.17) is 9.47 Å². The van der Waals surface area contributed by atoms with Crippen LogP contribution in [0.1, 0.15) is 53.9 Å². The summed E-state index contributed by atoms with van der Waals surface area (Å²) in [6.45, 7) is 8.56. The molecule has 21 heavy (non-hydrogen) atoms. The van der Waals surface area contributed by atoms with E-state index in [1.54, 1.807) is 34.6 Å². The Balaban J connectivity index is 2.77. The minimum Gasteiger partial charge on any atom is -0.469 e. The second-order valence-electron chi connectivity index (χ2n) is 7.22. The van der Waals surface area contributed by atoms with Crippen LogP contribution in [0, 0.1) is 5.41 Å². The van der Waals surface area contributed by atoms with Gasteiger partial charge in [0.05, 0.1) is 18.1 Å². The van der Waals surface area contributed by atoms with E-state index >= 15 is 0 Å². The summed E-state index contributed by atoms with van der Waals surface area (Å²) in [6, 6.07) is -0.217. The Morgan fingerprint density at radius 3 is 2.24 bits per heavy atom. The highest BCUT2D eigenvalue weighted by Gasteiger charge is 2.55. The number of hydrogen-bond donors (Lipinski definition) is 2. The summed E-state index contributed by atoms with van der Waals surface area (Å²) in [5.41, 5.74) is -2.79. The minimum atomic E-state index is -1.22. The van der Waals surface area contributed by atoms with Crippen molar-refractivity contribution in [3.63, 3.8) is 0 Å². The highest BCUT2D eigenvalue weighted by Crippen LogP contribution is 2.47. The van der Waals surface area contributed by atoms with Gasteiger partial charge in [0.2, 0.25) is 0 Å². The smallest absolute Gasteiger partial charge is 0.407 e. The molecule has 2 atom stereocenters. The number of nitrogens with one attached hydrogen (secondary N) is 1. The quantitative estimate of drug-likeness (QED) is 0.779. The Labute approximate surface area is 126 Å². The van der Waals surface area contributed by atoms with E-state index in [1.807, 2.05) is 0 Å². The summed E-state index contributed by atoms with van der Waals surface area (Å²) in [6.07, 6.45) is 0.883. The fourth-order valence-electron chi connectivity index (χ4n) is 2.83. The topological polar surface area (TPSA) is 84.9 Å². The minimum absolute atomic E-state index is 0.217.